The Balaban J connectivity index is 2.26. The molecule has 0 aromatic heterocycles. The van der Waals surface area contributed by atoms with Gasteiger partial charge in [0.2, 0.25) is 35.4 Å². The molecular formula is C33H52N9O19PS. The number of rotatable bonds is 25. The van der Waals surface area contributed by atoms with Crippen molar-refractivity contribution < 1.29 is 92.6 Å². The molecule has 1 aliphatic heterocycles. The monoisotopic (exact) mass is 941 g/mol. The molecule has 1 aromatic carbocycles. The molecule has 0 spiro atoms. The summed E-state index contributed by atoms with van der Waals surface area (Å²) in [6, 6.07) is -3.57. The highest BCUT2D eigenvalue weighted by atomic mass is 32.1. The fourth-order valence-corrected chi connectivity index (χ4v) is 5.74. The van der Waals surface area contributed by atoms with E-state index in [-0.39, 0.29) is 30.6 Å². The number of hydrogen-bond donors (Lipinski definition) is 18. The number of phosphoric acid groups is 1. The standard InChI is InChI=1S/C33H52N9O19PS/c1-14(26(49)38-16-6-4-15(5-7-16)31(54)55)37-27(50)17(3-2-8-36-33(34)35)40-28(51)18(9-43)41-30(53)20(12-60-62(56,57)58)42-29(52)19(39-22(45)13-63)11-59-32-25(48)24(47)23(46)21(10-44)61-32/h4-7,14,17-21,23-25,32,43-44,46-48,63H,2-3,8-13H2,1H3,(H,37,50)(H,38,49)(H,39,45)(H,40,51)(H,41,53)(H,42,52)(H,54,55)(H4,34,35,36)(H2,56,57,58)/t14-,17-,18+,19+,20+,21?,23+,24?,25-,32+/m1/s1. The Labute approximate surface area is 363 Å². The summed E-state index contributed by atoms with van der Waals surface area (Å²) < 4.78 is 26.5. The van der Waals surface area contributed by atoms with Gasteiger partial charge in [-0.1, -0.05) is 0 Å². The fourth-order valence-electron chi connectivity index (χ4n) is 5.31. The third kappa shape index (κ3) is 18.3. The number of phosphoric ester groups is 1. The summed E-state index contributed by atoms with van der Waals surface area (Å²) in [5, 5.41) is 82.2. The van der Waals surface area contributed by atoms with Gasteiger partial charge in [-0.3, -0.25) is 38.7 Å². The number of aliphatic hydroxyl groups is 5. The first kappa shape index (κ1) is 54.1. The van der Waals surface area contributed by atoms with E-state index in [1.54, 1.807) is 0 Å². The molecule has 354 valence electrons. The van der Waals surface area contributed by atoms with Crippen LogP contribution < -0.4 is 43.0 Å². The molecule has 18 N–H and O–H groups in total. The average Bonchev–Trinajstić information content (AvgIpc) is 3.22. The van der Waals surface area contributed by atoms with Gasteiger partial charge in [0, 0.05) is 12.2 Å². The summed E-state index contributed by atoms with van der Waals surface area (Å²) in [5.41, 5.74) is 5.42. The van der Waals surface area contributed by atoms with Gasteiger partial charge in [0.05, 0.1) is 37.7 Å². The highest BCUT2D eigenvalue weighted by molar-refractivity contribution is 7.81. The van der Waals surface area contributed by atoms with Crippen LogP contribution in [-0.4, -0.2) is 187 Å². The van der Waals surface area contributed by atoms with Crippen LogP contribution in [0.25, 0.3) is 0 Å². The molecule has 0 aliphatic carbocycles. The van der Waals surface area contributed by atoms with Crippen LogP contribution in [0, 0.1) is 5.41 Å². The number of carbonyl (C=O) groups excluding carboxylic acids is 6. The van der Waals surface area contributed by atoms with Crippen molar-refractivity contribution in [1.82, 2.24) is 31.9 Å². The predicted molar refractivity (Wildman–Crippen MR) is 215 cm³/mol. The van der Waals surface area contributed by atoms with Crippen molar-refractivity contribution >= 4 is 73.5 Å². The lowest BCUT2D eigenvalue weighted by Crippen LogP contribution is -2.61. The van der Waals surface area contributed by atoms with Gasteiger partial charge in [0.1, 0.15) is 54.6 Å². The van der Waals surface area contributed by atoms with Crippen LogP contribution in [0.15, 0.2) is 24.3 Å². The number of ether oxygens (including phenoxy) is 2. The van der Waals surface area contributed by atoms with Crippen molar-refractivity contribution in [3.05, 3.63) is 29.8 Å². The Morgan fingerprint density at radius 2 is 1.38 bits per heavy atom. The van der Waals surface area contributed by atoms with E-state index >= 15 is 0 Å². The molecule has 10 atom stereocenters. The molecule has 1 heterocycles. The lowest BCUT2D eigenvalue weighted by molar-refractivity contribution is -0.301. The third-order valence-electron chi connectivity index (χ3n) is 8.70. The Kier molecular flexibility index (Phi) is 22.3. The molecule has 1 aliphatic rings. The number of nitrogens with one attached hydrogen (secondary N) is 8. The molecule has 0 bridgehead atoms. The second-order valence-corrected chi connectivity index (χ2v) is 15.1. The van der Waals surface area contributed by atoms with Crippen molar-refractivity contribution in [2.24, 2.45) is 5.73 Å². The predicted octanol–water partition coefficient (Wildman–Crippen LogP) is -7.12. The number of nitrogens with two attached hydrogens (primary N) is 1. The van der Waals surface area contributed by atoms with E-state index in [4.69, 9.17) is 25.7 Å². The minimum Gasteiger partial charge on any atom is -0.478 e. The highest BCUT2D eigenvalue weighted by Gasteiger charge is 2.44. The van der Waals surface area contributed by atoms with Gasteiger partial charge in [-0.2, -0.15) is 12.6 Å². The zero-order valence-electron chi connectivity index (χ0n) is 33.3. The maximum atomic E-state index is 13.5. The Hall–Kier alpha value is -5.04. The van der Waals surface area contributed by atoms with Crippen molar-refractivity contribution in [3.8, 4) is 0 Å². The van der Waals surface area contributed by atoms with Crippen LogP contribution in [0.3, 0.4) is 0 Å². The molecule has 0 saturated carbocycles. The summed E-state index contributed by atoms with van der Waals surface area (Å²) in [4.78, 5) is 109. The largest absolute Gasteiger partial charge is 0.478 e. The van der Waals surface area contributed by atoms with Crippen molar-refractivity contribution in [2.45, 2.75) is 80.7 Å². The van der Waals surface area contributed by atoms with Gasteiger partial charge < -0.3 is 92.9 Å². The number of aliphatic hydroxyl groups excluding tert-OH is 5. The van der Waals surface area contributed by atoms with Gasteiger partial charge in [-0.15, -0.1) is 0 Å². The minimum absolute atomic E-state index is 0.0292. The Morgan fingerprint density at radius 3 is 1.92 bits per heavy atom. The van der Waals surface area contributed by atoms with E-state index < -0.39 is 148 Å². The Bertz CT molecular complexity index is 1810. The number of benzene rings is 1. The number of carboxylic acid groups (broad SMARTS) is 1. The quantitative estimate of drug-likeness (QED) is 0.0142. The summed E-state index contributed by atoms with van der Waals surface area (Å²) in [6.07, 6.45) is -8.94. The number of carbonyl (C=O) groups is 7. The van der Waals surface area contributed by atoms with Crippen LogP contribution in [0.5, 0.6) is 0 Å². The average molecular weight is 942 g/mol. The molecule has 6 amide bonds. The number of guanidine groups is 1. The van der Waals surface area contributed by atoms with Gasteiger partial charge in [0.15, 0.2) is 12.2 Å². The first-order valence-electron chi connectivity index (χ1n) is 18.6. The van der Waals surface area contributed by atoms with Crippen LogP contribution >= 0.6 is 20.5 Å². The molecule has 2 unspecified atom stereocenters. The van der Waals surface area contributed by atoms with Gasteiger partial charge in [0.25, 0.3) is 0 Å². The highest BCUT2D eigenvalue weighted by Crippen LogP contribution is 2.35. The zero-order valence-corrected chi connectivity index (χ0v) is 35.1. The molecule has 0 radical (unpaired) electrons. The molecule has 1 saturated heterocycles. The number of aromatic carboxylic acids is 1. The number of carboxylic acids is 1. The van der Waals surface area contributed by atoms with Crippen LogP contribution in [0.1, 0.15) is 30.1 Å². The van der Waals surface area contributed by atoms with Crippen molar-refractivity contribution in [1.29, 1.82) is 5.41 Å². The van der Waals surface area contributed by atoms with E-state index in [1.807, 2.05) is 10.6 Å². The van der Waals surface area contributed by atoms with Crippen LogP contribution in [-0.2, 0) is 47.3 Å². The second kappa shape index (κ2) is 25.9. The Morgan fingerprint density at radius 1 is 0.825 bits per heavy atom. The van der Waals surface area contributed by atoms with E-state index in [1.165, 1.54) is 31.2 Å². The first-order chi connectivity index (χ1) is 29.5. The lowest BCUT2D eigenvalue weighted by Gasteiger charge is -2.40. The molecular weight excluding hydrogens is 889 g/mol. The van der Waals surface area contributed by atoms with Crippen molar-refractivity contribution in [3.63, 3.8) is 0 Å². The normalized spacial score (nSPS) is 20.9. The van der Waals surface area contributed by atoms with Crippen molar-refractivity contribution in [2.75, 3.05) is 44.0 Å². The van der Waals surface area contributed by atoms with E-state index in [0.717, 1.165) is 0 Å². The molecule has 2 rings (SSSR count). The number of thiol groups is 1. The maximum absolute atomic E-state index is 13.5. The summed E-state index contributed by atoms with van der Waals surface area (Å²) in [5.74, 6) is -8.70. The second-order valence-electron chi connectivity index (χ2n) is 13.5. The molecule has 28 nitrogen and oxygen atoms in total. The number of hydrogen-bond acceptors (Lipinski definition) is 18. The molecule has 1 fully saturated rings. The zero-order chi connectivity index (χ0) is 47.6. The number of amides is 6. The van der Waals surface area contributed by atoms with E-state index in [0.29, 0.717) is 0 Å². The van der Waals surface area contributed by atoms with Crippen LogP contribution in [0.2, 0.25) is 0 Å². The van der Waals surface area contributed by atoms with Gasteiger partial charge in [-0.05, 0) is 44.0 Å². The SMILES string of the molecule is C[C@@H](NC(=O)[C@@H](CCCNC(=N)N)NC(=O)[C@H](CO)NC(=O)[C@H](COP(=O)(O)O)NC(=O)[C@H](CO[C@H]1OC(CO)[C@H](O)C(O)[C@H]1O)NC(=O)CS)C(=O)Nc1ccc(C(=O)O)cc1. The summed E-state index contributed by atoms with van der Waals surface area (Å²) >= 11 is 3.80. The third-order valence-corrected chi connectivity index (χ3v) is 9.47. The first-order valence-corrected chi connectivity index (χ1v) is 20.7. The summed E-state index contributed by atoms with van der Waals surface area (Å²) in [6.45, 7) is -2.90. The smallest absolute Gasteiger partial charge is 0.469 e. The molecule has 1 aromatic rings. The molecule has 30 heteroatoms. The maximum Gasteiger partial charge on any atom is 0.469 e. The lowest BCUT2D eigenvalue weighted by atomic mass is 9.99. The van der Waals surface area contributed by atoms with E-state index in [2.05, 4.69) is 43.7 Å². The van der Waals surface area contributed by atoms with Crippen LogP contribution in [0.4, 0.5) is 5.69 Å². The topological polar surface area (TPSA) is 460 Å². The van der Waals surface area contributed by atoms with Gasteiger partial charge in [-0.25, -0.2) is 9.36 Å². The number of anilines is 1. The minimum atomic E-state index is -5.36. The molecule has 63 heavy (non-hydrogen) atoms. The van der Waals surface area contributed by atoms with Gasteiger partial charge >= 0.3 is 13.8 Å². The fraction of sp³-hybridized carbons (Fsp3) is 0.576. The van der Waals surface area contributed by atoms with E-state index in [9.17, 15) is 73.4 Å². The summed E-state index contributed by atoms with van der Waals surface area (Å²) in [7, 11) is -5.36.